The van der Waals surface area contributed by atoms with Gasteiger partial charge in [0.25, 0.3) is 5.91 Å². The Kier molecular flexibility index (Phi) is 12.3. The van der Waals surface area contributed by atoms with Crippen molar-refractivity contribution in [1.82, 2.24) is 10.2 Å². The number of amides is 2. The van der Waals surface area contributed by atoms with E-state index in [4.69, 9.17) is 26.8 Å². The van der Waals surface area contributed by atoms with Crippen molar-refractivity contribution in [3.63, 3.8) is 0 Å². The Balaban J connectivity index is 1.61. The summed E-state index contributed by atoms with van der Waals surface area (Å²) in [4.78, 5) is 38.6. The molecule has 1 saturated heterocycles. The number of unbranched alkanes of at least 4 members (excludes halogenated alkanes) is 1. The number of halogens is 1. The molecule has 1 aromatic carbocycles. The summed E-state index contributed by atoms with van der Waals surface area (Å²) in [7, 11) is 0. The topological polar surface area (TPSA) is 111 Å². The van der Waals surface area contributed by atoms with Gasteiger partial charge in [-0.15, -0.1) is 0 Å². The molecule has 0 aliphatic carbocycles. The molecule has 32 heavy (non-hydrogen) atoms. The summed E-state index contributed by atoms with van der Waals surface area (Å²) in [6, 6.07) is 6.37. The number of nitrogens with zero attached hydrogens (tertiary/aromatic N) is 1. The highest BCUT2D eigenvalue weighted by Crippen LogP contribution is 2.23. The van der Waals surface area contributed by atoms with Gasteiger partial charge in [-0.2, -0.15) is 0 Å². The molecule has 0 aromatic heterocycles. The molecule has 0 spiro atoms. The Morgan fingerprint density at radius 2 is 1.66 bits per heavy atom. The minimum Gasteiger partial charge on any atom is -0.381 e. The molecule has 0 radical (unpaired) electrons. The highest BCUT2D eigenvalue weighted by Gasteiger charge is 2.38. The predicted octanol–water partition coefficient (Wildman–Crippen LogP) is 2.07. The number of nitrogens with one attached hydrogen (secondary N) is 1. The first kappa shape index (κ1) is 26.3. The van der Waals surface area contributed by atoms with Gasteiger partial charge in [0.05, 0.1) is 0 Å². The van der Waals surface area contributed by atoms with E-state index < -0.39 is 17.7 Å². The Hall–Kier alpha value is -2.00. The number of benzene rings is 1. The van der Waals surface area contributed by atoms with Crippen LogP contribution in [-0.2, 0) is 30.4 Å². The summed E-state index contributed by atoms with van der Waals surface area (Å²) in [6.07, 6.45) is 3.96. The maximum absolute atomic E-state index is 12.6. The molecule has 1 unspecified atom stereocenters. The van der Waals surface area contributed by atoms with Crippen LogP contribution < -0.4 is 11.1 Å². The molecule has 1 fully saturated rings. The van der Waals surface area contributed by atoms with Gasteiger partial charge < -0.3 is 25.4 Å². The van der Waals surface area contributed by atoms with E-state index in [1.54, 1.807) is 12.1 Å². The van der Waals surface area contributed by atoms with Gasteiger partial charge in [0.1, 0.15) is 6.04 Å². The second kappa shape index (κ2) is 14.9. The Bertz CT molecular complexity index is 729. The van der Waals surface area contributed by atoms with Crippen molar-refractivity contribution in [3.8, 4) is 0 Å². The van der Waals surface area contributed by atoms with Crippen LogP contribution in [0.3, 0.4) is 0 Å². The number of likely N-dealkylation sites (tertiary alicyclic amines) is 1. The molecule has 1 atom stereocenters. The molecule has 1 aromatic rings. The zero-order chi connectivity index (χ0) is 23.2. The number of hydrogen-bond donors (Lipinski definition) is 2. The van der Waals surface area contributed by atoms with Crippen LogP contribution in [-0.4, -0.2) is 68.1 Å². The Morgan fingerprint density at radius 1 is 1.03 bits per heavy atom. The number of Topliss-reactive ketones (excluding diaryl/α,β-unsaturated/α-hetero) is 1. The van der Waals surface area contributed by atoms with E-state index in [9.17, 15) is 14.4 Å². The molecular formula is C23H34ClN3O5. The number of nitrogens with two attached hydrogens (primary N) is 1. The maximum Gasteiger partial charge on any atom is 0.289 e. The lowest BCUT2D eigenvalue weighted by Crippen LogP contribution is -2.45. The molecule has 1 heterocycles. The third-order valence-electron chi connectivity index (χ3n) is 5.19. The van der Waals surface area contributed by atoms with Gasteiger partial charge in [0, 0.05) is 51.0 Å². The molecule has 1 aliphatic rings. The van der Waals surface area contributed by atoms with Crippen molar-refractivity contribution in [3.05, 3.63) is 34.9 Å². The second-order valence-corrected chi connectivity index (χ2v) is 8.19. The number of rotatable bonds is 16. The van der Waals surface area contributed by atoms with Crippen molar-refractivity contribution in [2.24, 2.45) is 5.73 Å². The number of ether oxygens (including phenoxy) is 2. The van der Waals surface area contributed by atoms with Crippen molar-refractivity contribution in [2.75, 3.05) is 39.5 Å². The van der Waals surface area contributed by atoms with E-state index in [-0.39, 0.29) is 18.9 Å². The van der Waals surface area contributed by atoms with E-state index in [2.05, 4.69) is 5.32 Å². The minimum atomic E-state index is -0.721. The molecule has 3 N–H and O–H groups in total. The first-order valence-corrected chi connectivity index (χ1v) is 11.6. The summed E-state index contributed by atoms with van der Waals surface area (Å²) in [5.74, 6) is -1.34. The quantitative estimate of drug-likeness (QED) is 0.284. The van der Waals surface area contributed by atoms with Crippen molar-refractivity contribution in [1.29, 1.82) is 0 Å². The Morgan fingerprint density at radius 3 is 2.31 bits per heavy atom. The number of hydrogen-bond acceptors (Lipinski definition) is 6. The first-order valence-electron chi connectivity index (χ1n) is 11.2. The molecule has 2 rings (SSSR count). The van der Waals surface area contributed by atoms with E-state index in [0.29, 0.717) is 57.4 Å². The fraction of sp³-hybridized carbons (Fsp3) is 0.609. The van der Waals surface area contributed by atoms with Crippen LogP contribution in [0.15, 0.2) is 24.3 Å². The van der Waals surface area contributed by atoms with Gasteiger partial charge in [-0.1, -0.05) is 23.7 Å². The molecule has 0 bridgehead atoms. The number of carbonyl (C=O) groups is 3. The maximum atomic E-state index is 12.6. The van der Waals surface area contributed by atoms with Crippen molar-refractivity contribution in [2.45, 2.75) is 51.1 Å². The van der Waals surface area contributed by atoms with Gasteiger partial charge in [-0.05, 0) is 56.3 Å². The highest BCUT2D eigenvalue weighted by molar-refractivity contribution is 6.38. The smallest absolute Gasteiger partial charge is 0.289 e. The SMILES string of the molecule is NCCCOCCCCOCCCNC(=O)C(=O)C1CCC(=O)N1Cc1ccc(Cl)cc1. The van der Waals surface area contributed by atoms with Gasteiger partial charge >= 0.3 is 0 Å². The average molecular weight is 468 g/mol. The molecule has 0 saturated carbocycles. The van der Waals surface area contributed by atoms with Crippen LogP contribution in [0, 0.1) is 0 Å². The molecule has 1 aliphatic heterocycles. The lowest BCUT2D eigenvalue weighted by atomic mass is 10.1. The fourth-order valence-electron chi connectivity index (χ4n) is 3.40. The summed E-state index contributed by atoms with van der Waals surface area (Å²) in [5.41, 5.74) is 6.26. The zero-order valence-electron chi connectivity index (χ0n) is 18.5. The van der Waals surface area contributed by atoms with E-state index >= 15 is 0 Å². The molecular weight excluding hydrogens is 434 g/mol. The van der Waals surface area contributed by atoms with Crippen LogP contribution in [0.25, 0.3) is 0 Å². The minimum absolute atomic E-state index is 0.121. The summed E-state index contributed by atoms with van der Waals surface area (Å²) in [6.45, 7) is 3.83. The van der Waals surface area contributed by atoms with Crippen molar-refractivity contribution >= 4 is 29.2 Å². The lowest BCUT2D eigenvalue weighted by Gasteiger charge is -2.23. The predicted molar refractivity (Wildman–Crippen MR) is 122 cm³/mol. The van der Waals surface area contributed by atoms with Gasteiger partial charge in [-0.3, -0.25) is 14.4 Å². The van der Waals surface area contributed by atoms with Gasteiger partial charge in [0.15, 0.2) is 0 Å². The van der Waals surface area contributed by atoms with Crippen molar-refractivity contribution < 1.29 is 23.9 Å². The monoisotopic (exact) mass is 467 g/mol. The third kappa shape index (κ3) is 9.24. The van der Waals surface area contributed by atoms with Gasteiger partial charge in [0.2, 0.25) is 11.7 Å². The lowest BCUT2D eigenvalue weighted by molar-refractivity contribution is -0.143. The van der Waals surface area contributed by atoms with Crippen LogP contribution in [0.2, 0.25) is 5.02 Å². The van der Waals surface area contributed by atoms with Crippen LogP contribution >= 0.6 is 11.6 Å². The molecule has 178 valence electrons. The van der Waals surface area contributed by atoms with Crippen LogP contribution in [0.5, 0.6) is 0 Å². The number of carbonyl (C=O) groups excluding carboxylic acids is 3. The first-order chi connectivity index (χ1) is 15.5. The van der Waals surface area contributed by atoms with E-state index in [0.717, 1.165) is 24.8 Å². The average Bonchev–Trinajstić information content (AvgIpc) is 3.15. The normalized spacial score (nSPS) is 15.9. The van der Waals surface area contributed by atoms with Crippen LogP contribution in [0.4, 0.5) is 0 Å². The molecule has 8 nitrogen and oxygen atoms in total. The summed E-state index contributed by atoms with van der Waals surface area (Å²) in [5, 5.41) is 3.24. The Labute approximate surface area is 194 Å². The zero-order valence-corrected chi connectivity index (χ0v) is 19.3. The molecule has 9 heteroatoms. The summed E-state index contributed by atoms with van der Waals surface area (Å²) < 4.78 is 11.0. The summed E-state index contributed by atoms with van der Waals surface area (Å²) >= 11 is 5.90. The number of ketones is 1. The largest absolute Gasteiger partial charge is 0.381 e. The second-order valence-electron chi connectivity index (χ2n) is 7.75. The standard InChI is InChI=1S/C23H34ClN3O5/c24-19-7-5-18(6-8-19)17-27-20(9-10-21(27)28)22(29)23(30)26-12-4-16-32-14-2-1-13-31-15-3-11-25/h5-8,20H,1-4,9-17,25H2,(H,26,30). The molecule has 2 amide bonds. The highest BCUT2D eigenvalue weighted by atomic mass is 35.5. The van der Waals surface area contributed by atoms with E-state index in [1.165, 1.54) is 4.90 Å². The fourth-order valence-corrected chi connectivity index (χ4v) is 3.53. The van der Waals surface area contributed by atoms with Gasteiger partial charge in [-0.25, -0.2) is 0 Å². The third-order valence-corrected chi connectivity index (χ3v) is 5.44. The van der Waals surface area contributed by atoms with E-state index in [1.807, 2.05) is 12.1 Å². The van der Waals surface area contributed by atoms with Crippen LogP contribution in [0.1, 0.15) is 44.1 Å².